The first-order chi connectivity index (χ1) is 30.0. The molecule has 2 atom stereocenters. The number of aryl methyl sites for hydroxylation is 2. The summed E-state index contributed by atoms with van der Waals surface area (Å²) in [5.41, 5.74) is 3.66. The van der Waals surface area contributed by atoms with Crippen molar-refractivity contribution in [2.24, 2.45) is 10.8 Å². The molecule has 0 spiro atoms. The van der Waals surface area contributed by atoms with E-state index in [1.165, 1.54) is 12.1 Å². The maximum Gasteiger partial charge on any atom is 0.254 e. The van der Waals surface area contributed by atoms with Gasteiger partial charge in [0.05, 0.1) is 24.9 Å². The summed E-state index contributed by atoms with van der Waals surface area (Å²) in [5, 5.41) is 8.01. The zero-order valence-electron chi connectivity index (χ0n) is 37.3. The van der Waals surface area contributed by atoms with Gasteiger partial charge in [-0.15, -0.1) is 6.42 Å². The molecule has 3 aromatic rings. The summed E-state index contributed by atoms with van der Waals surface area (Å²) in [6, 6.07) is 15.0. The first kappa shape index (κ1) is 45.5. The van der Waals surface area contributed by atoms with Crippen LogP contribution in [-0.4, -0.2) is 111 Å². The van der Waals surface area contributed by atoms with E-state index in [1.54, 1.807) is 13.2 Å². The summed E-state index contributed by atoms with van der Waals surface area (Å²) >= 11 is 0. The van der Waals surface area contributed by atoms with E-state index in [9.17, 15) is 19.2 Å². The Kier molecular flexibility index (Phi) is 13.5. The van der Waals surface area contributed by atoms with Gasteiger partial charge in [-0.1, -0.05) is 33.6 Å². The number of carbonyl (C=O) groups is 4. The normalized spacial score (nSPS) is 24.9. The van der Waals surface area contributed by atoms with Gasteiger partial charge in [-0.05, 0) is 79.9 Å². The topological polar surface area (TPSA) is 148 Å². The molecule has 13 nitrogen and oxygen atoms in total. The third-order valence-electron chi connectivity index (χ3n) is 13.3. The maximum atomic E-state index is 15.1. The van der Waals surface area contributed by atoms with Gasteiger partial charge in [0.15, 0.2) is 0 Å². The molecule has 0 aromatic heterocycles. The fraction of sp³-hybridized carbons (Fsp3) is 0.510. The Morgan fingerprint density at radius 3 is 2.30 bits per heavy atom. The van der Waals surface area contributed by atoms with Crippen molar-refractivity contribution in [3.05, 3.63) is 88.2 Å². The van der Waals surface area contributed by atoms with Crippen LogP contribution < -0.4 is 30.3 Å². The average molecular weight is 866 g/mol. The van der Waals surface area contributed by atoms with Crippen molar-refractivity contribution < 1.29 is 42.5 Å². The molecule has 2 aliphatic heterocycles. The average Bonchev–Trinajstić information content (AvgIpc) is 3.22. The van der Waals surface area contributed by atoms with E-state index in [0.29, 0.717) is 44.2 Å². The summed E-state index contributed by atoms with van der Waals surface area (Å²) in [4.78, 5) is 54.5. The summed E-state index contributed by atoms with van der Waals surface area (Å²) in [5.74, 6) is 1.25. The minimum Gasteiger partial charge on any atom is -0.490 e. The number of rotatable bonds is 15. The van der Waals surface area contributed by atoms with Gasteiger partial charge >= 0.3 is 0 Å². The zero-order chi connectivity index (χ0) is 45.2. The van der Waals surface area contributed by atoms with E-state index in [4.69, 9.17) is 25.4 Å². The number of carbonyl (C=O) groups excluding carboxylic acids is 4. The van der Waals surface area contributed by atoms with Gasteiger partial charge in [-0.2, -0.15) is 0 Å². The third kappa shape index (κ3) is 9.86. The lowest BCUT2D eigenvalue weighted by Gasteiger charge is -2.63. The molecular formula is C49H60FN5O8. The fourth-order valence-corrected chi connectivity index (χ4v) is 10.1. The van der Waals surface area contributed by atoms with Crippen molar-refractivity contribution in [2.75, 3.05) is 51.4 Å². The van der Waals surface area contributed by atoms with Crippen LogP contribution in [0.5, 0.6) is 11.5 Å². The van der Waals surface area contributed by atoms with E-state index >= 15 is 4.39 Å². The Balaban J connectivity index is 0.895. The number of hydrogen-bond acceptors (Lipinski definition) is 10. The second kappa shape index (κ2) is 18.7. The van der Waals surface area contributed by atoms with Crippen molar-refractivity contribution in [1.82, 2.24) is 20.9 Å². The van der Waals surface area contributed by atoms with Gasteiger partial charge < -0.3 is 34.5 Å². The highest BCUT2D eigenvalue weighted by atomic mass is 19.1. The highest BCUT2D eigenvalue weighted by molar-refractivity contribution is 6.04. The summed E-state index contributed by atoms with van der Waals surface area (Å²) in [7, 11) is 1.68. The molecule has 4 amide bonds. The number of nitrogens with one attached hydrogen (secondary N) is 3. The minimum absolute atomic E-state index is 0.0622. The van der Waals surface area contributed by atoms with Gasteiger partial charge in [-0.25, -0.2) is 4.39 Å². The number of halogens is 1. The van der Waals surface area contributed by atoms with Crippen LogP contribution >= 0.6 is 0 Å². The number of imide groups is 1. The molecule has 2 saturated carbocycles. The molecule has 2 saturated heterocycles. The Morgan fingerprint density at radius 1 is 0.968 bits per heavy atom. The zero-order valence-corrected chi connectivity index (χ0v) is 37.3. The highest BCUT2D eigenvalue weighted by Crippen LogP contribution is 2.55. The molecule has 336 valence electrons. The van der Waals surface area contributed by atoms with Crippen molar-refractivity contribution in [2.45, 2.75) is 104 Å². The number of benzene rings is 3. The Labute approximate surface area is 369 Å². The van der Waals surface area contributed by atoms with Crippen LogP contribution in [0.3, 0.4) is 0 Å². The third-order valence-corrected chi connectivity index (χ3v) is 13.3. The number of methoxy groups -OCH3 is 1. The van der Waals surface area contributed by atoms with Gasteiger partial charge in [0.2, 0.25) is 11.8 Å². The lowest BCUT2D eigenvalue weighted by molar-refractivity contribution is -0.164. The van der Waals surface area contributed by atoms with Gasteiger partial charge in [0.1, 0.15) is 35.6 Å². The highest BCUT2D eigenvalue weighted by Gasteiger charge is 2.64. The summed E-state index contributed by atoms with van der Waals surface area (Å²) < 4.78 is 39.5. The number of terminal acetylenes is 1. The first-order valence-electron chi connectivity index (χ1n) is 21.8. The number of hydrogen-bond donors (Lipinski definition) is 3. The van der Waals surface area contributed by atoms with Crippen LogP contribution in [0.15, 0.2) is 54.6 Å². The quantitative estimate of drug-likeness (QED) is 0.135. The molecule has 4 fully saturated rings. The molecule has 0 unspecified atom stereocenters. The van der Waals surface area contributed by atoms with Gasteiger partial charge in [-0.3, -0.25) is 29.4 Å². The number of morpholine rings is 1. The molecule has 3 N–H and O–H groups in total. The number of anilines is 1. The van der Waals surface area contributed by atoms with E-state index in [-0.39, 0.29) is 65.5 Å². The molecule has 3 aromatic carbocycles. The van der Waals surface area contributed by atoms with Crippen LogP contribution in [0.2, 0.25) is 0 Å². The van der Waals surface area contributed by atoms with Crippen molar-refractivity contribution >= 4 is 29.3 Å². The number of nitrogens with zero attached hydrogens (tertiary/aromatic N) is 2. The maximum absolute atomic E-state index is 15.1. The van der Waals surface area contributed by atoms with Crippen LogP contribution in [0, 0.1) is 42.8 Å². The minimum atomic E-state index is -0.901. The molecule has 14 heteroatoms. The van der Waals surface area contributed by atoms with Crippen LogP contribution in [0.25, 0.3) is 0 Å². The largest absolute Gasteiger partial charge is 0.490 e. The predicted molar refractivity (Wildman–Crippen MR) is 236 cm³/mol. The lowest BCUT2D eigenvalue weighted by Crippen LogP contribution is -2.74. The van der Waals surface area contributed by atoms with Crippen molar-refractivity contribution in [1.29, 1.82) is 0 Å². The van der Waals surface area contributed by atoms with Crippen molar-refractivity contribution in [3.8, 4) is 23.8 Å². The van der Waals surface area contributed by atoms with E-state index in [0.717, 1.165) is 47.5 Å². The summed E-state index contributed by atoms with van der Waals surface area (Å²) in [6.07, 6.45) is 7.11. The Bertz CT molecular complexity index is 2210. The van der Waals surface area contributed by atoms with Crippen LogP contribution in [0.4, 0.5) is 10.1 Å². The number of ether oxygens (including phenoxy) is 4. The molecule has 0 radical (unpaired) electrons. The smallest absolute Gasteiger partial charge is 0.254 e. The molecule has 4 aliphatic rings. The van der Waals surface area contributed by atoms with Crippen molar-refractivity contribution in [3.63, 3.8) is 0 Å². The molecule has 2 heterocycles. The lowest BCUT2D eigenvalue weighted by atomic mass is 9.49. The van der Waals surface area contributed by atoms with E-state index in [2.05, 4.69) is 59.4 Å². The molecule has 2 aliphatic carbocycles. The first-order valence-corrected chi connectivity index (χ1v) is 21.8. The van der Waals surface area contributed by atoms with E-state index in [1.807, 2.05) is 50.2 Å². The SMILES string of the molecule is C#Cc1c(C)cc(OC2C(C)(C)C(NC(=O)c3ccc(N4CCO[C@H](CN(CCOC)C5CC(Oc6ccc(C(=O)N[C@H]7CCC(=O)NC7=O)c(F)c6)C5)C4)cc3)C2(C)C)cc1C. The number of amides is 4. The van der Waals surface area contributed by atoms with Crippen LogP contribution in [0.1, 0.15) is 90.8 Å². The standard InChI is InChI=1S/C49H60FN5O8/c1-9-38-29(2)22-35(23-30(38)3)63-47-48(4,5)46(49(47,6)7)53-43(57)31-10-12-32(13-11-31)54-19-21-61-37(27-54)28-55(18-20-60-8)33-24-36(25-33)62-34-14-15-39(40(50)26-34)44(58)51-41-16-17-42(56)52-45(41)59/h1,10-15,22-23,26,33,36-37,41,46-47H,16-21,24-25,27-28H2,2-8H3,(H,51,58)(H,53,57)(H,52,56,59)/t33?,36?,37-,41-,46?,47?/m0/s1. The molecule has 63 heavy (non-hydrogen) atoms. The Hall–Kier alpha value is -5.49. The fourth-order valence-electron chi connectivity index (χ4n) is 10.1. The molecular weight excluding hydrogens is 806 g/mol. The molecule has 0 bridgehead atoms. The van der Waals surface area contributed by atoms with Gasteiger partial charge in [0.25, 0.3) is 11.8 Å². The monoisotopic (exact) mass is 865 g/mol. The predicted octanol–water partition coefficient (Wildman–Crippen LogP) is 5.33. The summed E-state index contributed by atoms with van der Waals surface area (Å²) in [6.45, 7) is 16.5. The Morgan fingerprint density at radius 2 is 1.67 bits per heavy atom. The number of piperidine rings is 1. The second-order valence-electron chi connectivity index (χ2n) is 18.6. The van der Waals surface area contributed by atoms with Gasteiger partial charge in [0, 0.05) is 98.3 Å². The second-order valence-corrected chi connectivity index (χ2v) is 18.6. The molecule has 7 rings (SSSR count). The van der Waals surface area contributed by atoms with Crippen LogP contribution in [-0.2, 0) is 19.1 Å². The van der Waals surface area contributed by atoms with E-state index < -0.39 is 29.6 Å².